The molecule has 0 atom stereocenters. The van der Waals surface area contributed by atoms with Gasteiger partial charge in [-0.15, -0.1) is 0 Å². The minimum absolute atomic E-state index is 0.0691. The first-order valence-corrected chi connectivity index (χ1v) is 12.5. The van der Waals surface area contributed by atoms with E-state index in [-0.39, 0.29) is 17.5 Å². The summed E-state index contributed by atoms with van der Waals surface area (Å²) in [5, 5.41) is 14.0. The van der Waals surface area contributed by atoms with Crippen LogP contribution in [0.25, 0.3) is 11.3 Å². The Balaban J connectivity index is 1.55. The normalized spacial score (nSPS) is 16.7. The van der Waals surface area contributed by atoms with Gasteiger partial charge >= 0.3 is 0 Å². The van der Waals surface area contributed by atoms with E-state index in [1.807, 2.05) is 39.2 Å². The molecule has 1 saturated carbocycles. The van der Waals surface area contributed by atoms with E-state index in [1.165, 1.54) is 6.07 Å². The molecule has 1 fully saturated rings. The van der Waals surface area contributed by atoms with Gasteiger partial charge in [0.2, 0.25) is 0 Å². The van der Waals surface area contributed by atoms with Gasteiger partial charge in [-0.2, -0.15) is 0 Å². The van der Waals surface area contributed by atoms with Crippen LogP contribution in [-0.4, -0.2) is 54.7 Å². The Hall–Kier alpha value is -3.78. The van der Waals surface area contributed by atoms with Crippen LogP contribution in [0.3, 0.4) is 0 Å². The van der Waals surface area contributed by atoms with E-state index in [9.17, 15) is 4.79 Å². The van der Waals surface area contributed by atoms with E-state index in [0.29, 0.717) is 46.5 Å². The van der Waals surface area contributed by atoms with Gasteiger partial charge in [-0.05, 0) is 76.2 Å². The molecule has 4 rings (SSSR count). The molecule has 3 N–H and O–H groups in total. The highest BCUT2D eigenvalue weighted by molar-refractivity contribution is 6.01. The third-order valence-corrected chi connectivity index (χ3v) is 6.89. The number of aryl methyl sites for hydroxylation is 1. The molecule has 1 aromatic heterocycles. The van der Waals surface area contributed by atoms with Crippen molar-refractivity contribution in [3.63, 3.8) is 0 Å². The molecule has 1 heterocycles. The summed E-state index contributed by atoms with van der Waals surface area (Å²) in [4.78, 5) is 19.5. The van der Waals surface area contributed by atoms with E-state index in [1.54, 1.807) is 38.4 Å². The second kappa shape index (κ2) is 11.1. The van der Waals surface area contributed by atoms with Gasteiger partial charge in [0.05, 0.1) is 11.3 Å². The van der Waals surface area contributed by atoms with Crippen LogP contribution in [0, 0.1) is 11.2 Å². The van der Waals surface area contributed by atoms with Crippen molar-refractivity contribution < 1.29 is 13.9 Å². The lowest BCUT2D eigenvalue weighted by atomic mass is 9.85. The van der Waals surface area contributed by atoms with Gasteiger partial charge in [0.15, 0.2) is 0 Å². The molecule has 1 aliphatic carbocycles. The smallest absolute Gasteiger partial charge is 0.254 e. The van der Waals surface area contributed by atoms with Crippen molar-refractivity contribution in [2.45, 2.75) is 45.2 Å². The zero-order valence-corrected chi connectivity index (χ0v) is 22.0. The van der Waals surface area contributed by atoms with Gasteiger partial charge in [0, 0.05) is 60.0 Å². The average molecular weight is 504 g/mol. The number of carbonyl (C=O) groups is 1. The number of benzene rings is 2. The summed E-state index contributed by atoms with van der Waals surface area (Å²) in [7, 11) is 5.85. The summed E-state index contributed by atoms with van der Waals surface area (Å²) >= 11 is 0. The predicted molar refractivity (Wildman–Crippen MR) is 146 cm³/mol. The third kappa shape index (κ3) is 5.80. The Morgan fingerprint density at radius 2 is 1.89 bits per heavy atom. The second-order valence-electron chi connectivity index (χ2n) is 9.67. The standard InChI is InChI=1S/C29H34FN5O2/c1-6-18-11-19(12-25(30)28(18)29(36)34-20-13-21(14-20)35(4)5)26-15-23(9-10-33-26)37-22-7-8-24(17(2)31)27(16-22)32-3/h7-12,15-16,20-21,31-32H,6,13-14H2,1-5H3,(H,34,36). The van der Waals surface area contributed by atoms with Crippen LogP contribution in [0.4, 0.5) is 10.1 Å². The lowest BCUT2D eigenvalue weighted by molar-refractivity contribution is 0.0849. The lowest BCUT2D eigenvalue weighted by Crippen LogP contribution is -2.52. The molecular formula is C29H34FN5O2. The summed E-state index contributed by atoms with van der Waals surface area (Å²) in [5.41, 5.74) is 3.92. The van der Waals surface area contributed by atoms with Crippen molar-refractivity contribution in [2.75, 3.05) is 26.5 Å². The average Bonchev–Trinajstić information content (AvgIpc) is 2.84. The number of nitrogens with zero attached hydrogens (tertiary/aromatic N) is 2. The number of carbonyl (C=O) groups excluding carboxylic acids is 1. The minimum atomic E-state index is -0.556. The Morgan fingerprint density at radius 3 is 2.54 bits per heavy atom. The van der Waals surface area contributed by atoms with E-state index < -0.39 is 5.82 Å². The number of aromatic nitrogens is 1. The SMILES string of the molecule is CCc1cc(-c2cc(Oc3ccc(C(C)=N)c(NC)c3)ccn2)cc(F)c1C(=O)NC1CC(N(C)C)C1. The highest BCUT2D eigenvalue weighted by Crippen LogP contribution is 2.31. The maximum absolute atomic E-state index is 15.3. The molecule has 0 spiro atoms. The van der Waals surface area contributed by atoms with Crippen LogP contribution in [0.1, 0.15) is 48.2 Å². The number of amides is 1. The fraction of sp³-hybridized carbons (Fsp3) is 0.345. The molecule has 194 valence electrons. The molecule has 0 saturated heterocycles. The van der Waals surface area contributed by atoms with Gasteiger partial charge in [0.1, 0.15) is 17.3 Å². The number of hydrogen-bond acceptors (Lipinski definition) is 6. The van der Waals surface area contributed by atoms with Crippen molar-refractivity contribution in [1.82, 2.24) is 15.2 Å². The highest BCUT2D eigenvalue weighted by Gasteiger charge is 2.32. The van der Waals surface area contributed by atoms with Gasteiger partial charge in [0.25, 0.3) is 5.91 Å². The largest absolute Gasteiger partial charge is 0.457 e. The molecule has 0 radical (unpaired) electrons. The Labute approximate surface area is 217 Å². The van der Waals surface area contributed by atoms with Gasteiger partial charge in [-0.25, -0.2) is 4.39 Å². The Bertz CT molecular complexity index is 1320. The van der Waals surface area contributed by atoms with Crippen LogP contribution in [0.2, 0.25) is 0 Å². The fourth-order valence-electron chi connectivity index (χ4n) is 4.62. The monoisotopic (exact) mass is 503 g/mol. The molecule has 1 amide bonds. The van der Waals surface area contributed by atoms with Crippen LogP contribution in [0.5, 0.6) is 11.5 Å². The van der Waals surface area contributed by atoms with E-state index in [0.717, 1.165) is 24.1 Å². The first-order chi connectivity index (χ1) is 17.7. The van der Waals surface area contributed by atoms with Crippen LogP contribution in [0.15, 0.2) is 48.7 Å². The van der Waals surface area contributed by atoms with Crippen molar-refractivity contribution >= 4 is 17.3 Å². The summed E-state index contributed by atoms with van der Waals surface area (Å²) < 4.78 is 21.3. The zero-order valence-electron chi connectivity index (χ0n) is 22.0. The van der Waals surface area contributed by atoms with E-state index in [2.05, 4.69) is 20.5 Å². The zero-order chi connectivity index (χ0) is 26.7. The summed E-state index contributed by atoms with van der Waals surface area (Å²) in [6.07, 6.45) is 3.87. The first-order valence-electron chi connectivity index (χ1n) is 12.5. The number of hydrogen-bond donors (Lipinski definition) is 3. The summed E-state index contributed by atoms with van der Waals surface area (Å²) in [6, 6.07) is 12.7. The van der Waals surface area contributed by atoms with Crippen molar-refractivity contribution in [3.05, 3.63) is 71.2 Å². The second-order valence-corrected chi connectivity index (χ2v) is 9.67. The third-order valence-electron chi connectivity index (χ3n) is 6.89. The number of nitrogens with one attached hydrogen (secondary N) is 3. The lowest BCUT2D eigenvalue weighted by Gasteiger charge is -2.40. The highest BCUT2D eigenvalue weighted by atomic mass is 19.1. The number of rotatable bonds is 9. The number of pyridine rings is 1. The maximum Gasteiger partial charge on any atom is 0.254 e. The summed E-state index contributed by atoms with van der Waals surface area (Å²) in [5.74, 6) is 0.232. The van der Waals surface area contributed by atoms with Gasteiger partial charge in [-0.1, -0.05) is 6.92 Å². The topological polar surface area (TPSA) is 90.3 Å². The van der Waals surface area contributed by atoms with Gasteiger partial charge in [-0.3, -0.25) is 9.78 Å². The molecule has 2 aromatic carbocycles. The van der Waals surface area contributed by atoms with E-state index >= 15 is 4.39 Å². The molecule has 37 heavy (non-hydrogen) atoms. The fourth-order valence-corrected chi connectivity index (χ4v) is 4.62. The molecule has 3 aromatic rings. The molecule has 0 unspecified atom stereocenters. The quantitative estimate of drug-likeness (QED) is 0.336. The van der Waals surface area contributed by atoms with Gasteiger partial charge < -0.3 is 25.7 Å². The van der Waals surface area contributed by atoms with Crippen LogP contribution >= 0.6 is 0 Å². The molecule has 0 bridgehead atoms. The molecule has 8 heteroatoms. The Kier molecular flexibility index (Phi) is 7.88. The van der Waals surface area contributed by atoms with E-state index in [4.69, 9.17) is 10.1 Å². The minimum Gasteiger partial charge on any atom is -0.457 e. The maximum atomic E-state index is 15.3. The molecule has 0 aliphatic heterocycles. The molecule has 1 aliphatic rings. The number of anilines is 1. The molecule has 7 nitrogen and oxygen atoms in total. The van der Waals surface area contributed by atoms with Crippen molar-refractivity contribution in [2.24, 2.45) is 0 Å². The predicted octanol–water partition coefficient (Wildman–Crippen LogP) is 5.49. The van der Waals surface area contributed by atoms with Crippen molar-refractivity contribution in [3.8, 4) is 22.8 Å². The number of ether oxygens (including phenoxy) is 1. The Morgan fingerprint density at radius 1 is 1.16 bits per heavy atom. The number of halogens is 1. The first kappa shape index (κ1) is 26.3. The molecular weight excluding hydrogens is 469 g/mol. The van der Waals surface area contributed by atoms with Crippen molar-refractivity contribution in [1.29, 1.82) is 5.41 Å². The van der Waals surface area contributed by atoms with Crippen LogP contribution in [-0.2, 0) is 6.42 Å². The van der Waals surface area contributed by atoms with Crippen LogP contribution < -0.4 is 15.4 Å². The summed E-state index contributed by atoms with van der Waals surface area (Å²) in [6.45, 7) is 3.64.